The molecule has 2 aromatic rings. The number of rotatable bonds is 8. The van der Waals surface area contributed by atoms with Crippen molar-refractivity contribution in [3.63, 3.8) is 0 Å². The molecule has 7 heteroatoms. The smallest absolute Gasteiger partial charge is 0.240 e. The van der Waals surface area contributed by atoms with Crippen molar-refractivity contribution >= 4 is 27.3 Å². The van der Waals surface area contributed by atoms with Crippen LogP contribution in [0.25, 0.3) is 0 Å². The van der Waals surface area contributed by atoms with Gasteiger partial charge in [-0.05, 0) is 36.2 Å². The number of sulfonamides is 1. The zero-order chi connectivity index (χ0) is 19.2. The highest BCUT2D eigenvalue weighted by molar-refractivity contribution is 7.92. The minimum Gasteiger partial charge on any atom is -0.378 e. The lowest BCUT2D eigenvalue weighted by Gasteiger charge is -2.23. The van der Waals surface area contributed by atoms with E-state index in [1.807, 2.05) is 61.5 Å². The van der Waals surface area contributed by atoms with Crippen molar-refractivity contribution in [3.8, 4) is 0 Å². The Hall–Kier alpha value is -2.54. The minimum absolute atomic E-state index is 0.241. The van der Waals surface area contributed by atoms with Crippen molar-refractivity contribution in [2.75, 3.05) is 42.6 Å². The van der Waals surface area contributed by atoms with Crippen LogP contribution in [0.3, 0.4) is 0 Å². The van der Waals surface area contributed by atoms with Gasteiger partial charge in [0.2, 0.25) is 15.9 Å². The van der Waals surface area contributed by atoms with Crippen LogP contribution in [0, 0.1) is 0 Å². The number of nitrogens with one attached hydrogen (secondary N) is 1. The maximum atomic E-state index is 12.2. The largest absolute Gasteiger partial charge is 0.378 e. The second kappa shape index (κ2) is 8.71. The Balaban J connectivity index is 2.00. The topological polar surface area (TPSA) is 69.7 Å². The average Bonchev–Trinajstić information content (AvgIpc) is 2.60. The summed E-state index contributed by atoms with van der Waals surface area (Å²) in [6, 6.07) is 16.8. The first-order valence-electron chi connectivity index (χ1n) is 8.33. The molecule has 1 amide bonds. The van der Waals surface area contributed by atoms with Crippen LogP contribution >= 0.6 is 0 Å². The highest BCUT2D eigenvalue weighted by Crippen LogP contribution is 2.21. The Kier molecular flexibility index (Phi) is 6.63. The molecular weight excluding hydrogens is 350 g/mol. The van der Waals surface area contributed by atoms with Gasteiger partial charge in [0.25, 0.3) is 0 Å². The standard InChI is InChI=1S/C19H25N3O3S/c1-21(2)17-9-11-18(12-10-17)22(26(3,24)25)15-19(23)20-14-13-16-7-5-4-6-8-16/h4-12H,13-15H2,1-3H3,(H,20,23). The first-order valence-corrected chi connectivity index (χ1v) is 10.2. The summed E-state index contributed by atoms with van der Waals surface area (Å²) in [5.74, 6) is -0.331. The molecule has 0 aliphatic heterocycles. The molecule has 0 aromatic heterocycles. The van der Waals surface area contributed by atoms with Crippen LogP contribution in [0.5, 0.6) is 0 Å². The summed E-state index contributed by atoms with van der Waals surface area (Å²) in [5, 5.41) is 2.78. The van der Waals surface area contributed by atoms with E-state index in [2.05, 4.69) is 5.32 Å². The van der Waals surface area contributed by atoms with Gasteiger partial charge in [-0.25, -0.2) is 8.42 Å². The van der Waals surface area contributed by atoms with Crippen LogP contribution in [0.1, 0.15) is 5.56 Å². The monoisotopic (exact) mass is 375 g/mol. The maximum absolute atomic E-state index is 12.2. The Morgan fingerprint density at radius 1 is 0.962 bits per heavy atom. The van der Waals surface area contributed by atoms with Gasteiger partial charge >= 0.3 is 0 Å². The van der Waals surface area contributed by atoms with E-state index in [0.717, 1.165) is 21.8 Å². The normalized spacial score (nSPS) is 11.0. The number of carbonyl (C=O) groups is 1. The van der Waals surface area contributed by atoms with Crippen molar-refractivity contribution in [3.05, 3.63) is 60.2 Å². The summed E-state index contributed by atoms with van der Waals surface area (Å²) in [6.45, 7) is 0.217. The summed E-state index contributed by atoms with van der Waals surface area (Å²) in [6.07, 6.45) is 1.80. The highest BCUT2D eigenvalue weighted by atomic mass is 32.2. The zero-order valence-electron chi connectivity index (χ0n) is 15.3. The molecular formula is C19H25N3O3S. The number of hydrogen-bond donors (Lipinski definition) is 1. The quantitative estimate of drug-likeness (QED) is 0.765. The summed E-state index contributed by atoms with van der Waals surface area (Å²) < 4.78 is 25.3. The van der Waals surface area contributed by atoms with Crippen LogP contribution < -0.4 is 14.5 Å². The molecule has 0 radical (unpaired) electrons. The van der Waals surface area contributed by atoms with Crippen LogP contribution in [-0.4, -0.2) is 47.8 Å². The third-order valence-corrected chi connectivity index (χ3v) is 5.06. The molecule has 0 fully saturated rings. The Bertz CT molecular complexity index is 819. The molecule has 0 unspecified atom stereocenters. The average molecular weight is 375 g/mol. The third kappa shape index (κ3) is 5.77. The fourth-order valence-corrected chi connectivity index (χ4v) is 3.35. The fraction of sp³-hybridized carbons (Fsp3) is 0.316. The molecule has 2 aromatic carbocycles. The molecule has 0 aliphatic rings. The first-order chi connectivity index (χ1) is 12.3. The Labute approximate surface area is 155 Å². The van der Waals surface area contributed by atoms with E-state index >= 15 is 0 Å². The van der Waals surface area contributed by atoms with Gasteiger partial charge in [0.05, 0.1) is 11.9 Å². The fourth-order valence-electron chi connectivity index (χ4n) is 2.49. The SMILES string of the molecule is CN(C)c1ccc(N(CC(=O)NCCc2ccccc2)S(C)(=O)=O)cc1. The number of carbonyl (C=O) groups excluding carboxylic acids is 1. The minimum atomic E-state index is -3.56. The van der Waals surface area contributed by atoms with Gasteiger partial charge in [-0.3, -0.25) is 9.10 Å². The lowest BCUT2D eigenvalue weighted by Crippen LogP contribution is -2.40. The van der Waals surface area contributed by atoms with Crippen LogP contribution in [0.2, 0.25) is 0 Å². The molecule has 26 heavy (non-hydrogen) atoms. The van der Waals surface area contributed by atoms with Crippen LogP contribution in [0.4, 0.5) is 11.4 Å². The van der Waals surface area contributed by atoms with Gasteiger partial charge in [0.1, 0.15) is 6.54 Å². The molecule has 0 aliphatic carbocycles. The lowest BCUT2D eigenvalue weighted by atomic mass is 10.1. The molecule has 1 N–H and O–H groups in total. The molecule has 0 saturated carbocycles. The molecule has 140 valence electrons. The van der Waals surface area contributed by atoms with Gasteiger partial charge in [-0.15, -0.1) is 0 Å². The van der Waals surface area contributed by atoms with E-state index in [1.165, 1.54) is 0 Å². The van der Waals surface area contributed by atoms with Gasteiger partial charge in [-0.1, -0.05) is 30.3 Å². The molecule has 0 saturated heterocycles. The molecule has 0 spiro atoms. The van der Waals surface area contributed by atoms with Gasteiger partial charge < -0.3 is 10.2 Å². The molecule has 6 nitrogen and oxygen atoms in total. The van der Waals surface area contributed by atoms with E-state index in [1.54, 1.807) is 12.1 Å². The molecule has 2 rings (SSSR count). The van der Waals surface area contributed by atoms with Crippen molar-refractivity contribution in [2.45, 2.75) is 6.42 Å². The van der Waals surface area contributed by atoms with Crippen molar-refractivity contribution < 1.29 is 13.2 Å². The van der Waals surface area contributed by atoms with Crippen LogP contribution in [-0.2, 0) is 21.2 Å². The zero-order valence-corrected chi connectivity index (χ0v) is 16.2. The second-order valence-corrected chi connectivity index (χ2v) is 8.17. The second-order valence-electron chi connectivity index (χ2n) is 6.27. The highest BCUT2D eigenvalue weighted by Gasteiger charge is 2.20. The van der Waals surface area contributed by atoms with Crippen LogP contribution in [0.15, 0.2) is 54.6 Å². The maximum Gasteiger partial charge on any atom is 0.240 e. The van der Waals surface area contributed by atoms with E-state index in [9.17, 15) is 13.2 Å². The van der Waals surface area contributed by atoms with Gasteiger partial charge in [-0.2, -0.15) is 0 Å². The number of hydrogen-bond acceptors (Lipinski definition) is 4. The van der Waals surface area contributed by atoms with E-state index < -0.39 is 10.0 Å². The van der Waals surface area contributed by atoms with Crippen molar-refractivity contribution in [1.82, 2.24) is 5.32 Å². The number of amides is 1. The van der Waals surface area contributed by atoms with Crippen molar-refractivity contribution in [1.29, 1.82) is 0 Å². The Morgan fingerprint density at radius 3 is 2.08 bits per heavy atom. The summed E-state index contributed by atoms with van der Waals surface area (Å²) in [7, 11) is 0.248. The first kappa shape index (κ1) is 19.8. The number of nitrogens with zero attached hydrogens (tertiary/aromatic N) is 2. The summed E-state index contributed by atoms with van der Waals surface area (Å²) >= 11 is 0. The lowest BCUT2D eigenvalue weighted by molar-refractivity contribution is -0.119. The predicted molar refractivity (Wildman–Crippen MR) is 106 cm³/mol. The third-order valence-electron chi connectivity index (χ3n) is 3.92. The molecule has 0 bridgehead atoms. The number of benzene rings is 2. The van der Waals surface area contributed by atoms with E-state index in [-0.39, 0.29) is 12.5 Å². The Morgan fingerprint density at radius 2 is 1.54 bits per heavy atom. The van der Waals surface area contributed by atoms with E-state index in [0.29, 0.717) is 18.7 Å². The van der Waals surface area contributed by atoms with Crippen molar-refractivity contribution in [2.24, 2.45) is 0 Å². The summed E-state index contributed by atoms with van der Waals surface area (Å²) in [4.78, 5) is 14.1. The predicted octanol–water partition coefficient (Wildman–Crippen LogP) is 1.88. The van der Waals surface area contributed by atoms with Gasteiger partial charge in [0.15, 0.2) is 0 Å². The van der Waals surface area contributed by atoms with E-state index in [4.69, 9.17) is 0 Å². The number of anilines is 2. The molecule has 0 heterocycles. The van der Waals surface area contributed by atoms with Gasteiger partial charge in [0, 0.05) is 26.3 Å². The summed E-state index contributed by atoms with van der Waals surface area (Å²) in [5.41, 5.74) is 2.54. The molecule has 0 atom stereocenters.